The van der Waals surface area contributed by atoms with Crippen LogP contribution < -0.4 is 16.0 Å². The summed E-state index contributed by atoms with van der Waals surface area (Å²) < 4.78 is 0. The van der Waals surface area contributed by atoms with Crippen LogP contribution in [-0.2, 0) is 11.2 Å². The summed E-state index contributed by atoms with van der Waals surface area (Å²) in [5.41, 5.74) is 9.02. The number of nitrogen functional groups attached to an aromatic ring is 1. The van der Waals surface area contributed by atoms with Crippen molar-refractivity contribution in [3.05, 3.63) is 23.8 Å². The van der Waals surface area contributed by atoms with Crippen molar-refractivity contribution in [2.75, 3.05) is 23.7 Å². The Kier molecular flexibility index (Phi) is 3.96. The van der Waals surface area contributed by atoms with E-state index in [0.717, 1.165) is 36.3 Å². The van der Waals surface area contributed by atoms with Gasteiger partial charge in [0.15, 0.2) is 0 Å². The predicted octanol–water partition coefficient (Wildman–Crippen LogP) is 1.16. The average molecular weight is 257 g/mol. The second kappa shape index (κ2) is 5.66. The first-order chi connectivity index (χ1) is 9.15. The maximum absolute atomic E-state index is 12.0. The molecule has 0 saturated heterocycles. The molecular formula is C15H19N3O. The minimum Gasteiger partial charge on any atom is -0.398 e. The average Bonchev–Trinajstić information content (AvgIpc) is 2.44. The van der Waals surface area contributed by atoms with Gasteiger partial charge in [0.25, 0.3) is 0 Å². The molecule has 0 spiro atoms. The van der Waals surface area contributed by atoms with Gasteiger partial charge in [0, 0.05) is 17.9 Å². The number of nitrogens with one attached hydrogen (secondary N) is 1. The van der Waals surface area contributed by atoms with Crippen LogP contribution in [0.1, 0.15) is 18.9 Å². The summed E-state index contributed by atoms with van der Waals surface area (Å²) in [4.78, 5) is 14.1. The summed E-state index contributed by atoms with van der Waals surface area (Å²) in [6, 6.07) is 5.62. The molecule has 2 rings (SSSR count). The molecule has 1 aromatic rings. The minimum atomic E-state index is -0.241. The zero-order valence-corrected chi connectivity index (χ0v) is 11.1. The van der Waals surface area contributed by atoms with E-state index in [1.165, 1.54) is 0 Å². The zero-order valence-electron chi connectivity index (χ0n) is 11.1. The third kappa shape index (κ3) is 2.65. The monoisotopic (exact) mass is 257 g/mol. The summed E-state index contributed by atoms with van der Waals surface area (Å²) in [6.45, 7) is 3.02. The van der Waals surface area contributed by atoms with Crippen LogP contribution in [-0.4, -0.2) is 25.0 Å². The summed E-state index contributed by atoms with van der Waals surface area (Å²) in [6.07, 6.45) is 7.13. The van der Waals surface area contributed by atoms with Crippen molar-refractivity contribution < 1.29 is 4.79 Å². The SMILES string of the molecule is C#CCNC(=O)C(C)N1CCCc2c(N)cccc21. The predicted molar refractivity (Wildman–Crippen MR) is 77.8 cm³/mol. The van der Waals surface area contributed by atoms with Gasteiger partial charge in [-0.2, -0.15) is 0 Å². The Morgan fingerprint density at radius 2 is 2.42 bits per heavy atom. The number of nitrogens with zero attached hydrogens (tertiary/aromatic N) is 1. The maximum atomic E-state index is 12.0. The first kappa shape index (κ1) is 13.3. The Bertz CT molecular complexity index is 519. The van der Waals surface area contributed by atoms with Gasteiger partial charge >= 0.3 is 0 Å². The number of nitrogens with two attached hydrogens (primary N) is 1. The van der Waals surface area contributed by atoms with E-state index < -0.39 is 0 Å². The highest BCUT2D eigenvalue weighted by atomic mass is 16.2. The lowest BCUT2D eigenvalue weighted by molar-refractivity contribution is -0.121. The molecule has 19 heavy (non-hydrogen) atoms. The van der Waals surface area contributed by atoms with Crippen LogP contribution in [0.25, 0.3) is 0 Å². The van der Waals surface area contributed by atoms with Crippen LogP contribution in [0, 0.1) is 12.3 Å². The molecule has 0 aromatic heterocycles. The normalized spacial score (nSPS) is 15.3. The van der Waals surface area contributed by atoms with E-state index in [0.29, 0.717) is 0 Å². The van der Waals surface area contributed by atoms with E-state index in [2.05, 4.69) is 16.1 Å². The molecule has 1 unspecified atom stereocenters. The molecule has 100 valence electrons. The molecule has 4 heteroatoms. The number of carbonyl (C=O) groups is 1. The van der Waals surface area contributed by atoms with Crippen LogP contribution in [0.3, 0.4) is 0 Å². The van der Waals surface area contributed by atoms with Crippen LogP contribution in [0.4, 0.5) is 11.4 Å². The lowest BCUT2D eigenvalue weighted by Crippen LogP contribution is -2.47. The van der Waals surface area contributed by atoms with Crippen LogP contribution in [0.2, 0.25) is 0 Å². The van der Waals surface area contributed by atoms with Crippen LogP contribution >= 0.6 is 0 Å². The summed E-state index contributed by atoms with van der Waals surface area (Å²) >= 11 is 0. The Morgan fingerprint density at radius 1 is 1.63 bits per heavy atom. The molecule has 1 heterocycles. The van der Waals surface area contributed by atoms with Crippen molar-refractivity contribution in [2.24, 2.45) is 0 Å². The fourth-order valence-electron chi connectivity index (χ4n) is 2.51. The number of benzene rings is 1. The van der Waals surface area contributed by atoms with Gasteiger partial charge in [0.05, 0.1) is 6.54 Å². The van der Waals surface area contributed by atoms with Crippen molar-refractivity contribution in [1.29, 1.82) is 0 Å². The van der Waals surface area contributed by atoms with Gasteiger partial charge < -0.3 is 16.0 Å². The molecule has 0 bridgehead atoms. The molecule has 0 aliphatic carbocycles. The number of hydrogen-bond acceptors (Lipinski definition) is 3. The van der Waals surface area contributed by atoms with Gasteiger partial charge in [0.1, 0.15) is 6.04 Å². The first-order valence-corrected chi connectivity index (χ1v) is 6.50. The molecule has 1 aliphatic rings. The molecule has 1 atom stereocenters. The smallest absolute Gasteiger partial charge is 0.243 e. The van der Waals surface area contributed by atoms with Crippen LogP contribution in [0.15, 0.2) is 18.2 Å². The van der Waals surface area contributed by atoms with Crippen molar-refractivity contribution in [3.63, 3.8) is 0 Å². The van der Waals surface area contributed by atoms with E-state index in [9.17, 15) is 4.79 Å². The highest BCUT2D eigenvalue weighted by molar-refractivity contribution is 5.86. The first-order valence-electron chi connectivity index (χ1n) is 6.50. The number of terminal acetylenes is 1. The highest BCUT2D eigenvalue weighted by Crippen LogP contribution is 2.32. The lowest BCUT2D eigenvalue weighted by Gasteiger charge is -2.35. The summed E-state index contributed by atoms with van der Waals surface area (Å²) in [5, 5.41) is 2.73. The number of carbonyl (C=O) groups excluding carboxylic acids is 1. The van der Waals surface area contributed by atoms with Gasteiger partial charge in [-0.05, 0) is 37.5 Å². The Balaban J connectivity index is 2.22. The Labute approximate surface area is 114 Å². The van der Waals surface area contributed by atoms with Crippen molar-refractivity contribution >= 4 is 17.3 Å². The lowest BCUT2D eigenvalue weighted by atomic mass is 9.98. The summed E-state index contributed by atoms with van der Waals surface area (Å²) in [7, 11) is 0. The number of fused-ring (bicyclic) bond motifs is 1. The van der Waals surface area contributed by atoms with E-state index >= 15 is 0 Å². The van der Waals surface area contributed by atoms with Crippen molar-refractivity contribution in [1.82, 2.24) is 5.32 Å². The molecule has 1 amide bonds. The Hall–Kier alpha value is -2.15. The molecule has 3 N–H and O–H groups in total. The van der Waals surface area contributed by atoms with Crippen molar-refractivity contribution in [3.8, 4) is 12.3 Å². The fourth-order valence-corrected chi connectivity index (χ4v) is 2.51. The van der Waals surface area contributed by atoms with Crippen molar-refractivity contribution in [2.45, 2.75) is 25.8 Å². The molecule has 0 radical (unpaired) electrons. The van der Waals surface area contributed by atoms with Gasteiger partial charge in [-0.25, -0.2) is 0 Å². The van der Waals surface area contributed by atoms with E-state index in [1.54, 1.807) is 0 Å². The standard InChI is InChI=1S/C15H19N3O/c1-3-9-17-15(19)11(2)18-10-5-6-12-13(16)7-4-8-14(12)18/h1,4,7-8,11H,5-6,9-10,16H2,2H3,(H,17,19). The third-order valence-electron chi connectivity index (χ3n) is 3.53. The Morgan fingerprint density at radius 3 is 3.16 bits per heavy atom. The fraction of sp³-hybridized carbons (Fsp3) is 0.400. The number of amides is 1. The van der Waals surface area contributed by atoms with Gasteiger partial charge in [-0.15, -0.1) is 6.42 Å². The molecule has 1 aliphatic heterocycles. The molecular weight excluding hydrogens is 238 g/mol. The highest BCUT2D eigenvalue weighted by Gasteiger charge is 2.26. The number of hydrogen-bond donors (Lipinski definition) is 2. The van der Waals surface area contributed by atoms with E-state index in [-0.39, 0.29) is 18.5 Å². The zero-order chi connectivity index (χ0) is 13.8. The third-order valence-corrected chi connectivity index (χ3v) is 3.53. The van der Waals surface area contributed by atoms with Crippen LogP contribution in [0.5, 0.6) is 0 Å². The van der Waals surface area contributed by atoms with Gasteiger partial charge in [-0.3, -0.25) is 4.79 Å². The largest absolute Gasteiger partial charge is 0.398 e. The second-order valence-corrected chi connectivity index (χ2v) is 4.74. The molecule has 0 saturated carbocycles. The minimum absolute atomic E-state index is 0.0479. The topological polar surface area (TPSA) is 58.4 Å². The quantitative estimate of drug-likeness (QED) is 0.631. The molecule has 1 aromatic carbocycles. The van der Waals surface area contributed by atoms with Gasteiger partial charge in [-0.1, -0.05) is 12.0 Å². The molecule has 0 fully saturated rings. The molecule has 4 nitrogen and oxygen atoms in total. The number of anilines is 2. The summed E-state index contributed by atoms with van der Waals surface area (Å²) in [5.74, 6) is 2.37. The second-order valence-electron chi connectivity index (χ2n) is 4.74. The van der Waals surface area contributed by atoms with E-state index in [1.807, 2.05) is 25.1 Å². The number of rotatable bonds is 3. The maximum Gasteiger partial charge on any atom is 0.243 e. The van der Waals surface area contributed by atoms with Gasteiger partial charge in [0.2, 0.25) is 5.91 Å². The van der Waals surface area contributed by atoms with E-state index in [4.69, 9.17) is 12.2 Å².